The van der Waals surface area contributed by atoms with Gasteiger partial charge in [0.15, 0.2) is 5.69 Å². The van der Waals surface area contributed by atoms with E-state index in [1.807, 2.05) is 0 Å². The Labute approximate surface area is 106 Å². The maximum Gasteiger partial charge on any atom is 0.573 e. The first kappa shape index (κ1) is 15.8. The fourth-order valence-corrected chi connectivity index (χ4v) is 1.15. The SMILES string of the molecule is COc1nc(C(F)(F)F)cc(OC(F)(F)F)c1[N+](=O)[O-]. The highest BCUT2D eigenvalue weighted by atomic mass is 19.4. The van der Waals surface area contributed by atoms with Gasteiger partial charge in [-0.25, -0.2) is 4.98 Å². The summed E-state index contributed by atoms with van der Waals surface area (Å²) in [5, 5.41) is 10.6. The van der Waals surface area contributed by atoms with E-state index in [2.05, 4.69) is 14.5 Å². The Hall–Kier alpha value is -2.27. The molecule has 0 N–H and O–H groups in total. The molecule has 0 aromatic carbocycles. The van der Waals surface area contributed by atoms with Gasteiger partial charge in [-0.3, -0.25) is 10.1 Å². The summed E-state index contributed by atoms with van der Waals surface area (Å²) in [4.78, 5) is 11.9. The average molecular weight is 306 g/mol. The van der Waals surface area contributed by atoms with E-state index < -0.39 is 40.5 Å². The summed E-state index contributed by atoms with van der Waals surface area (Å²) >= 11 is 0. The average Bonchev–Trinajstić information content (AvgIpc) is 2.23. The number of hydrogen-bond donors (Lipinski definition) is 0. The first-order chi connectivity index (χ1) is 8.95. The van der Waals surface area contributed by atoms with Gasteiger partial charge in [-0.15, -0.1) is 13.2 Å². The molecule has 0 bridgehead atoms. The van der Waals surface area contributed by atoms with Gasteiger partial charge >= 0.3 is 18.2 Å². The van der Waals surface area contributed by atoms with Crippen molar-refractivity contribution in [3.05, 3.63) is 21.9 Å². The van der Waals surface area contributed by atoms with Gasteiger partial charge in [0, 0.05) is 6.07 Å². The number of pyridine rings is 1. The van der Waals surface area contributed by atoms with Gasteiger partial charge in [0.1, 0.15) is 0 Å². The van der Waals surface area contributed by atoms with Crippen molar-refractivity contribution in [1.82, 2.24) is 4.98 Å². The normalized spacial score (nSPS) is 12.2. The molecule has 0 unspecified atom stereocenters. The first-order valence-electron chi connectivity index (χ1n) is 4.52. The van der Waals surface area contributed by atoms with E-state index in [4.69, 9.17) is 0 Å². The lowest BCUT2D eigenvalue weighted by Crippen LogP contribution is -2.19. The quantitative estimate of drug-likeness (QED) is 0.487. The topological polar surface area (TPSA) is 74.5 Å². The van der Waals surface area contributed by atoms with Crippen LogP contribution in [-0.4, -0.2) is 23.4 Å². The van der Waals surface area contributed by atoms with Crippen molar-refractivity contribution in [1.29, 1.82) is 0 Å². The Morgan fingerprint density at radius 3 is 2.15 bits per heavy atom. The minimum absolute atomic E-state index is 0.228. The monoisotopic (exact) mass is 306 g/mol. The van der Waals surface area contributed by atoms with Crippen LogP contribution in [0.25, 0.3) is 0 Å². The van der Waals surface area contributed by atoms with Crippen molar-refractivity contribution < 1.29 is 40.7 Å². The molecule has 12 heteroatoms. The minimum Gasteiger partial charge on any atom is -0.476 e. The molecule has 1 aromatic rings. The zero-order valence-electron chi connectivity index (χ0n) is 9.37. The van der Waals surface area contributed by atoms with Gasteiger partial charge < -0.3 is 9.47 Å². The van der Waals surface area contributed by atoms with E-state index >= 15 is 0 Å². The third-order valence-corrected chi connectivity index (χ3v) is 1.82. The van der Waals surface area contributed by atoms with Crippen molar-refractivity contribution in [2.45, 2.75) is 12.5 Å². The van der Waals surface area contributed by atoms with Crippen LogP contribution < -0.4 is 9.47 Å². The molecule has 0 saturated heterocycles. The second-order valence-electron chi connectivity index (χ2n) is 3.17. The molecule has 0 fully saturated rings. The summed E-state index contributed by atoms with van der Waals surface area (Å²) in [6.07, 6.45) is -10.5. The molecule has 1 heterocycles. The Balaban J connectivity index is 3.54. The molecule has 0 aliphatic rings. The lowest BCUT2D eigenvalue weighted by Gasteiger charge is -2.13. The molecule has 0 saturated carbocycles. The number of ether oxygens (including phenoxy) is 2. The molecule has 0 aliphatic carbocycles. The number of nitrogens with zero attached hydrogens (tertiary/aromatic N) is 2. The molecule has 112 valence electrons. The molecule has 6 nitrogen and oxygen atoms in total. The number of methoxy groups -OCH3 is 1. The summed E-state index contributed by atoms with van der Waals surface area (Å²) < 4.78 is 80.9. The zero-order chi connectivity index (χ0) is 15.7. The summed E-state index contributed by atoms with van der Waals surface area (Å²) in [7, 11) is 0.715. The van der Waals surface area contributed by atoms with Gasteiger partial charge in [-0.1, -0.05) is 0 Å². The van der Waals surface area contributed by atoms with Gasteiger partial charge in [-0.2, -0.15) is 13.2 Å². The summed E-state index contributed by atoms with van der Waals surface area (Å²) in [6, 6.07) is -0.228. The largest absolute Gasteiger partial charge is 0.573 e. The van der Waals surface area contributed by atoms with Crippen LogP contribution in [0.2, 0.25) is 0 Å². The fraction of sp³-hybridized carbons (Fsp3) is 0.375. The number of aromatic nitrogens is 1. The lowest BCUT2D eigenvalue weighted by atomic mass is 10.3. The molecular formula is C8H4F6N2O4. The fourth-order valence-electron chi connectivity index (χ4n) is 1.15. The molecule has 1 rings (SSSR count). The van der Waals surface area contributed by atoms with Crippen molar-refractivity contribution >= 4 is 5.69 Å². The highest BCUT2D eigenvalue weighted by molar-refractivity contribution is 5.55. The van der Waals surface area contributed by atoms with Crippen molar-refractivity contribution in [3.8, 4) is 11.6 Å². The molecule has 0 aliphatic heterocycles. The van der Waals surface area contributed by atoms with Crippen molar-refractivity contribution in [2.75, 3.05) is 7.11 Å². The van der Waals surface area contributed by atoms with Crippen molar-refractivity contribution in [3.63, 3.8) is 0 Å². The molecular weight excluding hydrogens is 302 g/mol. The second kappa shape index (κ2) is 5.02. The number of nitro groups is 1. The zero-order valence-corrected chi connectivity index (χ0v) is 9.37. The number of alkyl halides is 6. The summed E-state index contributed by atoms with van der Waals surface area (Å²) in [6.45, 7) is 0. The predicted octanol–water partition coefficient (Wildman–Crippen LogP) is 2.92. The number of hydrogen-bond acceptors (Lipinski definition) is 5. The Bertz CT molecular complexity index is 527. The smallest absolute Gasteiger partial charge is 0.476 e. The predicted molar refractivity (Wildman–Crippen MR) is 49.1 cm³/mol. The van der Waals surface area contributed by atoms with Crippen LogP contribution in [0.5, 0.6) is 11.6 Å². The molecule has 20 heavy (non-hydrogen) atoms. The van der Waals surface area contributed by atoms with E-state index in [0.29, 0.717) is 7.11 Å². The number of halogens is 6. The molecule has 0 atom stereocenters. The van der Waals surface area contributed by atoms with E-state index in [-0.39, 0.29) is 6.07 Å². The van der Waals surface area contributed by atoms with E-state index in [1.165, 1.54) is 0 Å². The van der Waals surface area contributed by atoms with Gasteiger partial charge in [0.25, 0.3) is 5.88 Å². The van der Waals surface area contributed by atoms with E-state index in [9.17, 15) is 36.5 Å². The number of rotatable bonds is 3. The summed E-state index contributed by atoms with van der Waals surface area (Å²) in [5.74, 6) is -2.91. The second-order valence-corrected chi connectivity index (χ2v) is 3.17. The van der Waals surface area contributed by atoms with Crippen LogP contribution in [0.3, 0.4) is 0 Å². The van der Waals surface area contributed by atoms with Crippen LogP contribution >= 0.6 is 0 Å². The van der Waals surface area contributed by atoms with Crippen molar-refractivity contribution in [2.24, 2.45) is 0 Å². The highest BCUT2D eigenvalue weighted by Crippen LogP contribution is 2.42. The first-order valence-corrected chi connectivity index (χ1v) is 4.52. The molecule has 0 amide bonds. The summed E-state index contributed by atoms with van der Waals surface area (Å²) in [5.41, 5.74) is -3.28. The maximum absolute atomic E-state index is 12.4. The minimum atomic E-state index is -5.42. The van der Waals surface area contributed by atoms with Gasteiger partial charge in [0.05, 0.1) is 12.0 Å². The molecule has 0 spiro atoms. The Kier molecular flexibility index (Phi) is 3.96. The molecule has 1 aromatic heterocycles. The van der Waals surface area contributed by atoms with Crippen LogP contribution in [0.4, 0.5) is 32.0 Å². The Morgan fingerprint density at radius 1 is 1.25 bits per heavy atom. The van der Waals surface area contributed by atoms with Crippen LogP contribution in [0, 0.1) is 10.1 Å². The van der Waals surface area contributed by atoms with Crippen LogP contribution in [0.15, 0.2) is 6.07 Å². The lowest BCUT2D eigenvalue weighted by molar-refractivity contribution is -0.390. The maximum atomic E-state index is 12.4. The highest BCUT2D eigenvalue weighted by Gasteiger charge is 2.41. The van der Waals surface area contributed by atoms with Crippen LogP contribution in [-0.2, 0) is 6.18 Å². The Morgan fingerprint density at radius 2 is 1.80 bits per heavy atom. The third kappa shape index (κ3) is 3.61. The van der Waals surface area contributed by atoms with E-state index in [0.717, 1.165) is 0 Å². The molecule has 0 radical (unpaired) electrons. The standard InChI is InChI=1S/C8H4F6N2O4/c1-19-6-5(16(17)18)3(20-8(12,13)14)2-4(15-6)7(9,10)11/h2H,1H3. The van der Waals surface area contributed by atoms with Gasteiger partial charge in [0.2, 0.25) is 5.75 Å². The van der Waals surface area contributed by atoms with E-state index in [1.54, 1.807) is 0 Å². The third-order valence-electron chi connectivity index (χ3n) is 1.82. The van der Waals surface area contributed by atoms with Gasteiger partial charge in [-0.05, 0) is 0 Å². The van der Waals surface area contributed by atoms with Crippen LogP contribution in [0.1, 0.15) is 5.69 Å².